The summed E-state index contributed by atoms with van der Waals surface area (Å²) in [6.45, 7) is 2.09. The summed E-state index contributed by atoms with van der Waals surface area (Å²) < 4.78 is 26.7. The van der Waals surface area contributed by atoms with E-state index in [1.165, 1.54) is 30.3 Å². The van der Waals surface area contributed by atoms with Gasteiger partial charge in [-0.05, 0) is 61.6 Å². The molecule has 0 saturated carbocycles. The average molecular weight is 432 g/mol. The standard InChI is InChI=1S/C20H18F2N4O3S/c1-2-23-17(27)11-16-19(29)25(15-8-6-13(21)7-9-15)20(30)26(16)24-18(28)12-4-3-5-14(22)10-12/h3-10,16H,2,11H2,1H3,(H,23,27)(H,24,28). The summed E-state index contributed by atoms with van der Waals surface area (Å²) in [6.07, 6.45) is -0.270. The molecule has 3 rings (SSSR count). The number of halogens is 2. The van der Waals surface area contributed by atoms with Crippen LogP contribution in [0.15, 0.2) is 48.5 Å². The van der Waals surface area contributed by atoms with E-state index in [2.05, 4.69) is 10.7 Å². The van der Waals surface area contributed by atoms with E-state index in [4.69, 9.17) is 12.2 Å². The highest BCUT2D eigenvalue weighted by atomic mass is 32.1. The van der Waals surface area contributed by atoms with Crippen molar-refractivity contribution in [2.45, 2.75) is 19.4 Å². The summed E-state index contributed by atoms with van der Waals surface area (Å²) in [4.78, 5) is 38.9. The van der Waals surface area contributed by atoms with Gasteiger partial charge in [0, 0.05) is 12.1 Å². The summed E-state index contributed by atoms with van der Waals surface area (Å²) in [6, 6.07) is 8.93. The fourth-order valence-corrected chi connectivity index (χ4v) is 3.34. The fraction of sp³-hybridized carbons (Fsp3) is 0.200. The smallest absolute Gasteiger partial charge is 0.269 e. The number of nitrogens with zero attached hydrogens (tertiary/aromatic N) is 2. The van der Waals surface area contributed by atoms with Crippen LogP contribution >= 0.6 is 12.2 Å². The van der Waals surface area contributed by atoms with Gasteiger partial charge in [-0.2, -0.15) is 0 Å². The third kappa shape index (κ3) is 4.43. The van der Waals surface area contributed by atoms with Crippen molar-refractivity contribution in [1.82, 2.24) is 15.8 Å². The van der Waals surface area contributed by atoms with Gasteiger partial charge in [0.05, 0.1) is 12.1 Å². The molecule has 2 aromatic carbocycles. The molecule has 1 saturated heterocycles. The lowest BCUT2D eigenvalue weighted by molar-refractivity contribution is -0.127. The average Bonchev–Trinajstić information content (AvgIpc) is 2.93. The van der Waals surface area contributed by atoms with Crippen molar-refractivity contribution in [3.8, 4) is 0 Å². The third-order valence-electron chi connectivity index (χ3n) is 4.36. The minimum atomic E-state index is -1.12. The highest BCUT2D eigenvalue weighted by molar-refractivity contribution is 7.80. The van der Waals surface area contributed by atoms with Crippen LogP contribution < -0.4 is 15.6 Å². The van der Waals surface area contributed by atoms with Gasteiger partial charge in [0.15, 0.2) is 0 Å². The molecular weight excluding hydrogens is 414 g/mol. The molecule has 2 N–H and O–H groups in total. The second kappa shape index (κ2) is 8.95. The Bertz CT molecular complexity index is 1000. The van der Waals surface area contributed by atoms with Crippen LogP contribution in [-0.2, 0) is 9.59 Å². The first-order valence-electron chi connectivity index (χ1n) is 9.07. The molecule has 1 aliphatic rings. The molecule has 0 spiro atoms. The number of nitrogens with one attached hydrogen (secondary N) is 2. The van der Waals surface area contributed by atoms with Gasteiger partial charge in [0.2, 0.25) is 11.0 Å². The van der Waals surface area contributed by atoms with E-state index in [9.17, 15) is 23.2 Å². The van der Waals surface area contributed by atoms with Crippen molar-refractivity contribution in [2.75, 3.05) is 11.4 Å². The van der Waals surface area contributed by atoms with E-state index in [0.29, 0.717) is 6.54 Å². The van der Waals surface area contributed by atoms with Crippen molar-refractivity contribution in [3.63, 3.8) is 0 Å². The van der Waals surface area contributed by atoms with E-state index in [-0.39, 0.29) is 22.8 Å². The maximum absolute atomic E-state index is 13.5. The molecule has 10 heteroatoms. The van der Waals surface area contributed by atoms with Crippen LogP contribution in [0.2, 0.25) is 0 Å². The molecule has 1 heterocycles. The Balaban J connectivity index is 1.91. The van der Waals surface area contributed by atoms with Crippen LogP contribution in [-0.4, -0.2) is 40.4 Å². The zero-order valence-corrected chi connectivity index (χ0v) is 16.7. The number of amides is 3. The van der Waals surface area contributed by atoms with Crippen LogP contribution in [0.3, 0.4) is 0 Å². The second-order valence-electron chi connectivity index (χ2n) is 6.43. The Hall–Kier alpha value is -3.40. The van der Waals surface area contributed by atoms with Crippen molar-refractivity contribution in [3.05, 3.63) is 65.7 Å². The lowest BCUT2D eigenvalue weighted by Crippen LogP contribution is -2.50. The first kappa shape index (κ1) is 21.3. The number of thiocarbonyl (C=S) groups is 1. The van der Waals surface area contributed by atoms with Gasteiger partial charge in [-0.3, -0.25) is 24.7 Å². The molecule has 0 radical (unpaired) electrons. The monoisotopic (exact) mass is 432 g/mol. The molecule has 30 heavy (non-hydrogen) atoms. The number of rotatable bonds is 6. The number of anilines is 1. The minimum Gasteiger partial charge on any atom is -0.356 e. The lowest BCUT2D eigenvalue weighted by Gasteiger charge is -2.24. The van der Waals surface area contributed by atoms with Gasteiger partial charge >= 0.3 is 0 Å². The molecule has 1 aliphatic heterocycles. The van der Waals surface area contributed by atoms with Crippen LogP contribution in [0, 0.1) is 11.6 Å². The Morgan fingerprint density at radius 2 is 1.80 bits per heavy atom. The Morgan fingerprint density at radius 3 is 2.43 bits per heavy atom. The van der Waals surface area contributed by atoms with Gasteiger partial charge in [0.1, 0.15) is 17.7 Å². The number of carbonyl (C=O) groups excluding carboxylic acids is 3. The molecule has 0 aromatic heterocycles. The van der Waals surface area contributed by atoms with Crippen LogP contribution in [0.25, 0.3) is 0 Å². The molecule has 0 aliphatic carbocycles. The van der Waals surface area contributed by atoms with Gasteiger partial charge < -0.3 is 5.32 Å². The largest absolute Gasteiger partial charge is 0.356 e. The minimum absolute atomic E-state index is 0.0160. The highest BCUT2D eigenvalue weighted by Gasteiger charge is 2.45. The van der Waals surface area contributed by atoms with E-state index in [0.717, 1.165) is 28.1 Å². The summed E-state index contributed by atoms with van der Waals surface area (Å²) >= 11 is 5.36. The maximum Gasteiger partial charge on any atom is 0.269 e. The Kier molecular flexibility index (Phi) is 6.36. The highest BCUT2D eigenvalue weighted by Crippen LogP contribution is 2.26. The van der Waals surface area contributed by atoms with E-state index in [1.807, 2.05) is 0 Å². The van der Waals surface area contributed by atoms with Gasteiger partial charge in [-0.1, -0.05) is 6.07 Å². The van der Waals surface area contributed by atoms with Crippen molar-refractivity contribution in [2.24, 2.45) is 0 Å². The predicted octanol–water partition coefficient (Wildman–Crippen LogP) is 2.14. The molecular formula is C20H18F2N4O3S. The van der Waals surface area contributed by atoms with Crippen LogP contribution in [0.1, 0.15) is 23.7 Å². The SMILES string of the molecule is CCNC(=O)CC1C(=O)N(c2ccc(F)cc2)C(=S)N1NC(=O)c1cccc(F)c1. The zero-order chi connectivity index (χ0) is 21.8. The summed E-state index contributed by atoms with van der Waals surface area (Å²) in [5, 5.41) is 3.60. The topological polar surface area (TPSA) is 81.8 Å². The van der Waals surface area contributed by atoms with Gasteiger partial charge in [-0.15, -0.1) is 0 Å². The number of hydrogen-bond acceptors (Lipinski definition) is 4. The first-order chi connectivity index (χ1) is 14.3. The molecule has 2 aromatic rings. The Morgan fingerprint density at radius 1 is 1.10 bits per heavy atom. The summed E-state index contributed by atoms with van der Waals surface area (Å²) in [5.41, 5.74) is 2.78. The normalized spacial score (nSPS) is 16.0. The summed E-state index contributed by atoms with van der Waals surface area (Å²) in [5.74, 6) is -2.77. The maximum atomic E-state index is 13.5. The van der Waals surface area contributed by atoms with Crippen molar-refractivity contribution < 1.29 is 23.2 Å². The van der Waals surface area contributed by atoms with E-state index >= 15 is 0 Å². The quantitative estimate of drug-likeness (QED) is 0.684. The molecule has 1 fully saturated rings. The first-order valence-corrected chi connectivity index (χ1v) is 9.48. The zero-order valence-electron chi connectivity index (χ0n) is 15.9. The van der Waals surface area contributed by atoms with Crippen LogP contribution in [0.4, 0.5) is 14.5 Å². The summed E-state index contributed by atoms with van der Waals surface area (Å²) in [7, 11) is 0. The molecule has 1 unspecified atom stereocenters. The fourth-order valence-electron chi connectivity index (χ4n) is 2.98. The Labute approximate surface area is 176 Å². The van der Waals surface area contributed by atoms with E-state index in [1.54, 1.807) is 6.92 Å². The number of benzene rings is 2. The molecule has 3 amide bonds. The third-order valence-corrected chi connectivity index (χ3v) is 4.74. The van der Waals surface area contributed by atoms with Gasteiger partial charge in [-0.25, -0.2) is 13.8 Å². The van der Waals surface area contributed by atoms with E-state index < -0.39 is 35.4 Å². The molecule has 1 atom stereocenters. The van der Waals surface area contributed by atoms with Crippen molar-refractivity contribution >= 4 is 40.7 Å². The molecule has 0 bridgehead atoms. The van der Waals surface area contributed by atoms with Gasteiger partial charge in [0.25, 0.3) is 11.8 Å². The number of carbonyl (C=O) groups is 3. The van der Waals surface area contributed by atoms with Crippen molar-refractivity contribution in [1.29, 1.82) is 0 Å². The molecule has 7 nitrogen and oxygen atoms in total. The predicted molar refractivity (Wildman–Crippen MR) is 109 cm³/mol. The number of hydrogen-bond donors (Lipinski definition) is 2. The molecule has 156 valence electrons. The number of hydrazine groups is 1. The second-order valence-corrected chi connectivity index (χ2v) is 6.79. The van der Waals surface area contributed by atoms with Crippen LogP contribution in [0.5, 0.6) is 0 Å². The lowest BCUT2D eigenvalue weighted by atomic mass is 10.1.